The van der Waals surface area contributed by atoms with Crippen molar-refractivity contribution in [3.05, 3.63) is 237 Å². The number of rotatable bonds is 8. The highest BCUT2D eigenvalue weighted by Crippen LogP contribution is 2.47. The first kappa shape index (κ1) is 34.0. The smallest absolute Gasteiger partial charge is 0.0473 e. The monoisotopic (exact) mass is 725 g/mol. The molecule has 0 atom stereocenters. The lowest BCUT2D eigenvalue weighted by Crippen LogP contribution is -2.10. The Labute approximate surface area is 334 Å². The van der Waals surface area contributed by atoms with Gasteiger partial charge in [-0.05, 0) is 120 Å². The summed E-state index contributed by atoms with van der Waals surface area (Å²) in [7, 11) is 0. The summed E-state index contributed by atoms with van der Waals surface area (Å²) in [4.78, 5) is 2.44. The van der Waals surface area contributed by atoms with E-state index >= 15 is 0 Å². The zero-order chi connectivity index (χ0) is 38.0. The molecule has 0 aliphatic rings. The Balaban J connectivity index is 1.27. The Bertz CT molecular complexity index is 2920. The minimum atomic E-state index is 1.09. The second-order valence-corrected chi connectivity index (χ2v) is 14.5. The van der Waals surface area contributed by atoms with Crippen LogP contribution in [0.1, 0.15) is 0 Å². The van der Waals surface area contributed by atoms with E-state index in [-0.39, 0.29) is 0 Å². The molecule has 0 fully saturated rings. The number of fused-ring (bicyclic) bond motifs is 3. The van der Waals surface area contributed by atoms with Gasteiger partial charge in [-0.3, -0.25) is 0 Å². The van der Waals surface area contributed by atoms with Crippen molar-refractivity contribution in [1.29, 1.82) is 0 Å². The Morgan fingerprint density at radius 2 is 0.579 bits per heavy atom. The van der Waals surface area contributed by atoms with Gasteiger partial charge in [0.05, 0.1) is 0 Å². The molecular formula is C56H39N. The number of nitrogens with zero attached hydrogens (tertiary/aromatic N) is 1. The Morgan fingerprint density at radius 3 is 1.11 bits per heavy atom. The summed E-state index contributed by atoms with van der Waals surface area (Å²) in [5, 5.41) is 4.91. The van der Waals surface area contributed by atoms with E-state index in [1.54, 1.807) is 0 Å². The van der Waals surface area contributed by atoms with Gasteiger partial charge in [0.15, 0.2) is 0 Å². The standard InChI is InChI=1S/C56H39N/c1-6-19-40(20-7-1)45-29-18-30-48(36-45)57(50-37-46(41-21-8-2-9-22-41)35-47(38-50)42-23-10-3-11-24-42)49-33-34-53-54(39-49)51-31-16-17-32-52(51)55(43-25-12-4-13-26-43)56(53)44-27-14-5-15-28-44/h1-39H. The van der Waals surface area contributed by atoms with Crippen LogP contribution in [0.25, 0.3) is 77.2 Å². The topological polar surface area (TPSA) is 3.24 Å². The van der Waals surface area contributed by atoms with Crippen molar-refractivity contribution in [1.82, 2.24) is 0 Å². The van der Waals surface area contributed by atoms with Crippen LogP contribution in [0.5, 0.6) is 0 Å². The van der Waals surface area contributed by atoms with Gasteiger partial charge in [0.2, 0.25) is 0 Å². The lowest BCUT2D eigenvalue weighted by Gasteiger charge is -2.28. The van der Waals surface area contributed by atoms with Crippen LogP contribution in [0.4, 0.5) is 17.1 Å². The van der Waals surface area contributed by atoms with Crippen molar-refractivity contribution in [3.63, 3.8) is 0 Å². The van der Waals surface area contributed by atoms with Gasteiger partial charge in [-0.2, -0.15) is 0 Å². The van der Waals surface area contributed by atoms with Crippen LogP contribution in [-0.4, -0.2) is 0 Å². The summed E-state index contributed by atoms with van der Waals surface area (Å²) >= 11 is 0. The molecule has 0 aromatic heterocycles. The molecule has 0 bridgehead atoms. The summed E-state index contributed by atoms with van der Waals surface area (Å²) in [5.74, 6) is 0. The van der Waals surface area contributed by atoms with Gasteiger partial charge in [0.25, 0.3) is 0 Å². The van der Waals surface area contributed by atoms with Crippen LogP contribution in [0.3, 0.4) is 0 Å². The van der Waals surface area contributed by atoms with E-state index in [0.29, 0.717) is 0 Å². The molecule has 0 saturated heterocycles. The summed E-state index contributed by atoms with van der Waals surface area (Å²) in [5.41, 5.74) is 15.3. The molecule has 0 amide bonds. The Hall–Kier alpha value is -7.48. The number of hydrogen-bond donors (Lipinski definition) is 0. The quantitative estimate of drug-likeness (QED) is 0.141. The zero-order valence-electron chi connectivity index (χ0n) is 31.5. The highest BCUT2D eigenvalue weighted by atomic mass is 15.1. The van der Waals surface area contributed by atoms with Crippen molar-refractivity contribution in [2.24, 2.45) is 0 Å². The molecule has 10 aromatic rings. The van der Waals surface area contributed by atoms with Gasteiger partial charge in [-0.15, -0.1) is 0 Å². The maximum atomic E-state index is 2.44. The molecule has 10 aromatic carbocycles. The molecule has 0 aliphatic carbocycles. The van der Waals surface area contributed by atoms with Crippen molar-refractivity contribution >= 4 is 38.6 Å². The van der Waals surface area contributed by atoms with Gasteiger partial charge in [0, 0.05) is 17.1 Å². The molecule has 0 unspecified atom stereocenters. The lowest BCUT2D eigenvalue weighted by atomic mass is 9.85. The molecule has 1 nitrogen and oxygen atoms in total. The number of benzene rings is 10. The van der Waals surface area contributed by atoms with Crippen molar-refractivity contribution in [2.75, 3.05) is 4.90 Å². The van der Waals surface area contributed by atoms with Crippen LogP contribution >= 0.6 is 0 Å². The lowest BCUT2D eigenvalue weighted by molar-refractivity contribution is 1.29. The second kappa shape index (κ2) is 15.0. The maximum Gasteiger partial charge on any atom is 0.0473 e. The summed E-state index contributed by atoms with van der Waals surface area (Å²) in [6.45, 7) is 0. The fourth-order valence-electron chi connectivity index (χ4n) is 8.36. The van der Waals surface area contributed by atoms with Gasteiger partial charge < -0.3 is 4.90 Å². The normalized spacial score (nSPS) is 11.2. The second-order valence-electron chi connectivity index (χ2n) is 14.5. The summed E-state index contributed by atoms with van der Waals surface area (Å²) in [6.07, 6.45) is 0. The maximum absolute atomic E-state index is 2.44. The highest BCUT2D eigenvalue weighted by Gasteiger charge is 2.21. The molecule has 1 heteroatoms. The van der Waals surface area contributed by atoms with E-state index in [4.69, 9.17) is 0 Å². The van der Waals surface area contributed by atoms with E-state index < -0.39 is 0 Å². The van der Waals surface area contributed by atoms with E-state index in [1.165, 1.54) is 77.2 Å². The van der Waals surface area contributed by atoms with Gasteiger partial charge in [-0.25, -0.2) is 0 Å². The van der Waals surface area contributed by atoms with Gasteiger partial charge >= 0.3 is 0 Å². The minimum absolute atomic E-state index is 1.09. The number of hydrogen-bond acceptors (Lipinski definition) is 1. The first-order valence-electron chi connectivity index (χ1n) is 19.6. The SMILES string of the molecule is c1ccc(-c2cccc(N(c3cc(-c4ccccc4)cc(-c4ccccc4)c3)c3ccc4c(-c5ccccc5)c(-c5ccccc5)c5ccccc5c4c3)c2)cc1. The molecular weight excluding hydrogens is 687 g/mol. The molecule has 268 valence electrons. The average Bonchev–Trinajstić information content (AvgIpc) is 3.30. The van der Waals surface area contributed by atoms with Crippen molar-refractivity contribution in [3.8, 4) is 55.6 Å². The minimum Gasteiger partial charge on any atom is -0.310 e. The zero-order valence-corrected chi connectivity index (χ0v) is 31.5. The summed E-state index contributed by atoms with van der Waals surface area (Å²) < 4.78 is 0. The molecule has 10 rings (SSSR count). The van der Waals surface area contributed by atoms with Crippen molar-refractivity contribution < 1.29 is 0 Å². The molecule has 0 aliphatic heterocycles. The van der Waals surface area contributed by atoms with Crippen LogP contribution in [-0.2, 0) is 0 Å². The first-order valence-corrected chi connectivity index (χ1v) is 19.6. The molecule has 57 heavy (non-hydrogen) atoms. The molecule has 0 radical (unpaired) electrons. The van der Waals surface area contributed by atoms with Gasteiger partial charge in [0.1, 0.15) is 0 Å². The van der Waals surface area contributed by atoms with Crippen molar-refractivity contribution in [2.45, 2.75) is 0 Å². The molecule has 0 heterocycles. The first-order chi connectivity index (χ1) is 28.3. The predicted octanol–water partition coefficient (Wildman–Crippen LogP) is 15.8. The molecule has 0 saturated carbocycles. The highest BCUT2D eigenvalue weighted by molar-refractivity contribution is 6.22. The largest absolute Gasteiger partial charge is 0.310 e. The predicted molar refractivity (Wildman–Crippen MR) is 243 cm³/mol. The third kappa shape index (κ3) is 6.56. The fraction of sp³-hybridized carbons (Fsp3) is 0. The van der Waals surface area contributed by atoms with E-state index in [9.17, 15) is 0 Å². The van der Waals surface area contributed by atoms with E-state index in [1.807, 2.05) is 0 Å². The Kier molecular flexibility index (Phi) is 8.95. The summed E-state index contributed by atoms with van der Waals surface area (Å²) in [6, 6.07) is 85.7. The fourth-order valence-corrected chi connectivity index (χ4v) is 8.36. The van der Waals surface area contributed by atoms with Crippen LogP contribution < -0.4 is 4.90 Å². The third-order valence-corrected chi connectivity index (χ3v) is 11.0. The Morgan fingerprint density at radius 1 is 0.193 bits per heavy atom. The molecule has 0 N–H and O–H groups in total. The van der Waals surface area contributed by atoms with E-state index in [0.717, 1.165) is 17.1 Å². The average molecular weight is 726 g/mol. The van der Waals surface area contributed by atoms with Crippen LogP contribution in [0.2, 0.25) is 0 Å². The number of anilines is 3. The third-order valence-electron chi connectivity index (χ3n) is 11.0. The van der Waals surface area contributed by atoms with Gasteiger partial charge in [-0.1, -0.05) is 194 Å². The van der Waals surface area contributed by atoms with Crippen LogP contribution in [0.15, 0.2) is 237 Å². The van der Waals surface area contributed by atoms with Crippen LogP contribution in [0, 0.1) is 0 Å². The van der Waals surface area contributed by atoms with E-state index in [2.05, 4.69) is 241 Å². The molecule has 0 spiro atoms.